The molecule has 0 amide bonds. The molecule has 2 aromatic rings. The lowest BCUT2D eigenvalue weighted by Crippen LogP contribution is -1.91. The molecule has 16 heavy (non-hydrogen) atoms. The average Bonchev–Trinajstić information content (AvgIpc) is 2.33. The Morgan fingerprint density at radius 1 is 1.00 bits per heavy atom. The lowest BCUT2D eigenvalue weighted by Gasteiger charge is -2.12. The third kappa shape index (κ3) is 1.88. The summed E-state index contributed by atoms with van der Waals surface area (Å²) >= 11 is 0. The summed E-state index contributed by atoms with van der Waals surface area (Å²) < 4.78 is 0. The van der Waals surface area contributed by atoms with E-state index in [0.29, 0.717) is 0 Å². The Balaban J connectivity index is 2.63. The fourth-order valence-corrected chi connectivity index (χ4v) is 2.06. The monoisotopic (exact) mass is 209 g/mol. The van der Waals surface area contributed by atoms with Gasteiger partial charge in [0.2, 0.25) is 0 Å². The molecule has 0 nitrogen and oxygen atoms in total. The highest BCUT2D eigenvalue weighted by Crippen LogP contribution is 2.28. The first-order chi connectivity index (χ1) is 7.74. The molecular formula is C16H17. The van der Waals surface area contributed by atoms with Crippen LogP contribution in [0.3, 0.4) is 0 Å². The van der Waals surface area contributed by atoms with Crippen molar-refractivity contribution < 1.29 is 0 Å². The number of aryl methyl sites for hydroxylation is 2. The average molecular weight is 209 g/mol. The predicted octanol–water partition coefficient (Wildman–Crippen LogP) is 4.33. The van der Waals surface area contributed by atoms with E-state index in [4.69, 9.17) is 0 Å². The van der Waals surface area contributed by atoms with Crippen molar-refractivity contribution in [2.45, 2.75) is 27.2 Å². The molecule has 0 heteroatoms. The van der Waals surface area contributed by atoms with Crippen LogP contribution in [-0.2, 0) is 6.42 Å². The zero-order valence-corrected chi connectivity index (χ0v) is 10.2. The molecule has 0 aliphatic carbocycles. The molecule has 81 valence electrons. The van der Waals surface area contributed by atoms with Crippen LogP contribution in [0.4, 0.5) is 0 Å². The van der Waals surface area contributed by atoms with Crippen LogP contribution in [0.2, 0.25) is 0 Å². The van der Waals surface area contributed by atoms with E-state index in [1.54, 1.807) is 0 Å². The Kier molecular flexibility index (Phi) is 3.09. The van der Waals surface area contributed by atoms with E-state index in [9.17, 15) is 0 Å². The van der Waals surface area contributed by atoms with Crippen LogP contribution in [-0.4, -0.2) is 0 Å². The van der Waals surface area contributed by atoms with Gasteiger partial charge in [-0.15, -0.1) is 0 Å². The summed E-state index contributed by atoms with van der Waals surface area (Å²) in [6.07, 6.45) is 1.03. The van der Waals surface area contributed by atoms with Crippen molar-refractivity contribution in [3.8, 4) is 11.1 Å². The Morgan fingerprint density at radius 3 is 2.50 bits per heavy atom. The van der Waals surface area contributed by atoms with Crippen LogP contribution in [0.25, 0.3) is 11.1 Å². The maximum absolute atomic E-state index is 3.33. The van der Waals surface area contributed by atoms with Crippen LogP contribution >= 0.6 is 0 Å². The third-order valence-corrected chi connectivity index (χ3v) is 3.19. The second-order valence-electron chi connectivity index (χ2n) is 4.16. The van der Waals surface area contributed by atoms with Gasteiger partial charge in [-0.3, -0.25) is 0 Å². The molecule has 2 rings (SSSR count). The third-order valence-electron chi connectivity index (χ3n) is 3.19. The van der Waals surface area contributed by atoms with Crippen LogP contribution in [0.15, 0.2) is 36.4 Å². The largest absolute Gasteiger partial charge is 0.0614 e. The Labute approximate surface area is 97.9 Å². The zero-order valence-electron chi connectivity index (χ0n) is 10.2. The Morgan fingerprint density at radius 2 is 1.75 bits per heavy atom. The minimum Gasteiger partial charge on any atom is -0.0614 e. The minimum absolute atomic E-state index is 1.03. The molecule has 0 aliphatic rings. The summed E-state index contributed by atoms with van der Waals surface area (Å²) in [6.45, 7) is 6.54. The highest BCUT2D eigenvalue weighted by molar-refractivity contribution is 5.71. The van der Waals surface area contributed by atoms with E-state index < -0.39 is 0 Å². The van der Waals surface area contributed by atoms with Crippen LogP contribution in [0.5, 0.6) is 0 Å². The Hall–Kier alpha value is -1.56. The maximum Gasteiger partial charge on any atom is -0.0143 e. The molecule has 0 spiro atoms. The van der Waals surface area contributed by atoms with Crippen molar-refractivity contribution >= 4 is 0 Å². The second kappa shape index (κ2) is 4.52. The summed E-state index contributed by atoms with van der Waals surface area (Å²) in [4.78, 5) is 0. The van der Waals surface area contributed by atoms with Gasteiger partial charge in [-0.2, -0.15) is 0 Å². The molecular weight excluding hydrogens is 192 g/mol. The van der Waals surface area contributed by atoms with Gasteiger partial charge in [-0.1, -0.05) is 43.3 Å². The summed E-state index contributed by atoms with van der Waals surface area (Å²) in [5.74, 6) is 0. The standard InChI is InChI=1S/C16H17/c1-4-14-9-5-6-10-16(14)15-11-7-8-12(2)13(15)3/h5-8,10-11H,4H2,1-3H3. The first-order valence-electron chi connectivity index (χ1n) is 5.80. The van der Waals surface area contributed by atoms with E-state index in [1.807, 2.05) is 6.07 Å². The van der Waals surface area contributed by atoms with E-state index in [1.165, 1.54) is 27.8 Å². The van der Waals surface area contributed by atoms with Gasteiger partial charge in [-0.25, -0.2) is 0 Å². The zero-order chi connectivity index (χ0) is 11.5. The lowest BCUT2D eigenvalue weighted by molar-refractivity contribution is 1.14. The second-order valence-corrected chi connectivity index (χ2v) is 4.16. The van der Waals surface area contributed by atoms with Gasteiger partial charge in [0.25, 0.3) is 0 Å². The molecule has 0 bridgehead atoms. The van der Waals surface area contributed by atoms with Gasteiger partial charge in [0, 0.05) is 0 Å². The van der Waals surface area contributed by atoms with Gasteiger partial charge < -0.3 is 0 Å². The van der Waals surface area contributed by atoms with Crippen molar-refractivity contribution in [3.05, 3.63) is 59.2 Å². The molecule has 2 aromatic carbocycles. The maximum atomic E-state index is 3.33. The summed E-state index contributed by atoms with van der Waals surface area (Å²) in [5.41, 5.74) is 6.69. The highest BCUT2D eigenvalue weighted by Gasteiger charge is 2.06. The van der Waals surface area contributed by atoms with Crippen molar-refractivity contribution in [2.75, 3.05) is 0 Å². The molecule has 0 aliphatic heterocycles. The van der Waals surface area contributed by atoms with Gasteiger partial charge >= 0.3 is 0 Å². The molecule has 1 radical (unpaired) electrons. The molecule has 0 unspecified atom stereocenters. The minimum atomic E-state index is 1.03. The normalized spacial score (nSPS) is 10.4. The summed E-state index contributed by atoms with van der Waals surface area (Å²) in [7, 11) is 0. The number of hydrogen-bond donors (Lipinski definition) is 0. The van der Waals surface area contributed by atoms with Crippen LogP contribution in [0, 0.1) is 19.9 Å². The Bertz CT molecular complexity index is 495. The number of benzene rings is 2. The highest BCUT2D eigenvalue weighted by atomic mass is 14.1. The van der Waals surface area contributed by atoms with Gasteiger partial charge in [0.15, 0.2) is 0 Å². The first-order valence-corrected chi connectivity index (χ1v) is 5.80. The fraction of sp³-hybridized carbons (Fsp3) is 0.250. The molecule has 0 saturated carbocycles. The van der Waals surface area contributed by atoms with Gasteiger partial charge in [0.05, 0.1) is 0 Å². The van der Waals surface area contributed by atoms with E-state index >= 15 is 0 Å². The smallest absolute Gasteiger partial charge is 0.0143 e. The molecule has 0 aromatic heterocycles. The summed E-state index contributed by atoms with van der Waals surface area (Å²) in [6, 6.07) is 16.1. The molecule has 0 heterocycles. The molecule has 0 fully saturated rings. The topological polar surface area (TPSA) is 0 Å². The van der Waals surface area contributed by atoms with Crippen molar-refractivity contribution in [3.63, 3.8) is 0 Å². The lowest BCUT2D eigenvalue weighted by atomic mass is 9.93. The van der Waals surface area contributed by atoms with Crippen molar-refractivity contribution in [1.82, 2.24) is 0 Å². The van der Waals surface area contributed by atoms with Gasteiger partial charge in [0.1, 0.15) is 0 Å². The van der Waals surface area contributed by atoms with Crippen molar-refractivity contribution in [1.29, 1.82) is 0 Å². The fourth-order valence-electron chi connectivity index (χ4n) is 2.06. The van der Waals surface area contributed by atoms with Crippen LogP contribution in [0.1, 0.15) is 23.6 Å². The van der Waals surface area contributed by atoms with Gasteiger partial charge in [-0.05, 0) is 54.2 Å². The predicted molar refractivity (Wildman–Crippen MR) is 69.6 cm³/mol. The van der Waals surface area contributed by atoms with Crippen molar-refractivity contribution in [2.24, 2.45) is 0 Å². The number of hydrogen-bond acceptors (Lipinski definition) is 0. The summed E-state index contributed by atoms with van der Waals surface area (Å²) in [5, 5.41) is 0. The van der Waals surface area contributed by atoms with Crippen LogP contribution < -0.4 is 0 Å². The van der Waals surface area contributed by atoms with E-state index in [-0.39, 0.29) is 0 Å². The molecule has 0 atom stereocenters. The first kappa shape index (κ1) is 10.9. The van der Waals surface area contributed by atoms with E-state index in [2.05, 4.69) is 57.2 Å². The van der Waals surface area contributed by atoms with E-state index in [0.717, 1.165) is 6.42 Å². The SMILES string of the molecule is CCc1[c]cccc1-c1cccc(C)c1C. The molecule has 0 saturated heterocycles. The number of rotatable bonds is 2. The molecule has 0 N–H and O–H groups in total. The quantitative estimate of drug-likeness (QED) is 0.690.